The Bertz CT molecular complexity index is 1170. The summed E-state index contributed by atoms with van der Waals surface area (Å²) >= 11 is 12.0. The van der Waals surface area contributed by atoms with Crippen LogP contribution in [0.1, 0.15) is 12.5 Å². The molecule has 2 N–H and O–H groups in total. The van der Waals surface area contributed by atoms with Gasteiger partial charge in [-0.05, 0) is 61.4 Å². The molecule has 3 aromatic rings. The summed E-state index contributed by atoms with van der Waals surface area (Å²) < 4.78 is 34.0. The Morgan fingerprint density at radius 3 is 2.31 bits per heavy atom. The van der Waals surface area contributed by atoms with Crippen LogP contribution in [0.2, 0.25) is 10.0 Å². The molecule has 0 bridgehead atoms. The summed E-state index contributed by atoms with van der Waals surface area (Å²) in [5, 5.41) is 3.42. The third-order valence-electron chi connectivity index (χ3n) is 4.52. The molecule has 1 unspecified atom stereocenters. The molecule has 0 aliphatic rings. The number of anilines is 1. The highest BCUT2D eigenvalue weighted by Gasteiger charge is 2.27. The molecule has 9 heteroatoms. The van der Waals surface area contributed by atoms with Gasteiger partial charge < -0.3 is 10.1 Å². The number of carbonyl (C=O) groups is 1. The van der Waals surface area contributed by atoms with E-state index in [0.717, 1.165) is 5.56 Å². The summed E-state index contributed by atoms with van der Waals surface area (Å²) in [6.45, 7) is 2.20. The van der Waals surface area contributed by atoms with Crippen LogP contribution in [0.4, 0.5) is 5.69 Å². The molecule has 1 amide bonds. The number of hydrogen-bond donors (Lipinski definition) is 2. The molecule has 0 radical (unpaired) electrons. The number of hydrogen-bond acceptors (Lipinski definition) is 4. The van der Waals surface area contributed by atoms with Crippen molar-refractivity contribution >= 4 is 44.8 Å². The molecular weight excluding hydrogens is 471 g/mol. The van der Waals surface area contributed by atoms with Gasteiger partial charge in [0.2, 0.25) is 15.9 Å². The van der Waals surface area contributed by atoms with E-state index in [1.54, 1.807) is 31.2 Å². The summed E-state index contributed by atoms with van der Waals surface area (Å²) in [7, 11) is -4.05. The topological polar surface area (TPSA) is 84.5 Å². The molecule has 0 heterocycles. The van der Waals surface area contributed by atoms with Crippen molar-refractivity contribution in [1.82, 2.24) is 4.72 Å². The van der Waals surface area contributed by atoms with Crippen LogP contribution in [0, 0.1) is 0 Å². The van der Waals surface area contributed by atoms with Gasteiger partial charge in [0.1, 0.15) is 11.8 Å². The highest BCUT2D eigenvalue weighted by molar-refractivity contribution is 7.89. The molecule has 3 aromatic carbocycles. The van der Waals surface area contributed by atoms with Crippen molar-refractivity contribution in [2.75, 3.05) is 11.9 Å². The maximum Gasteiger partial charge on any atom is 0.242 e. The summed E-state index contributed by atoms with van der Waals surface area (Å²) in [4.78, 5) is 12.9. The number of amides is 1. The summed E-state index contributed by atoms with van der Waals surface area (Å²) in [6, 6.07) is 18.8. The lowest BCUT2D eigenvalue weighted by Crippen LogP contribution is -2.45. The van der Waals surface area contributed by atoms with Gasteiger partial charge in [0, 0.05) is 10.7 Å². The fraction of sp³-hybridized carbons (Fsp3) is 0.174. The van der Waals surface area contributed by atoms with Crippen molar-refractivity contribution in [3.63, 3.8) is 0 Å². The van der Waals surface area contributed by atoms with E-state index in [9.17, 15) is 13.2 Å². The molecule has 0 aliphatic carbocycles. The lowest BCUT2D eigenvalue weighted by molar-refractivity contribution is -0.117. The van der Waals surface area contributed by atoms with Crippen LogP contribution >= 0.6 is 23.2 Å². The third kappa shape index (κ3) is 6.46. The Morgan fingerprint density at radius 2 is 1.69 bits per heavy atom. The summed E-state index contributed by atoms with van der Waals surface area (Å²) in [6.07, 6.45) is 0.157. The zero-order valence-electron chi connectivity index (χ0n) is 17.2. The minimum absolute atomic E-state index is 0.0664. The Kier molecular flexibility index (Phi) is 8.15. The molecule has 32 heavy (non-hydrogen) atoms. The predicted molar refractivity (Wildman–Crippen MR) is 127 cm³/mol. The van der Waals surface area contributed by atoms with Crippen molar-refractivity contribution in [2.45, 2.75) is 24.3 Å². The van der Waals surface area contributed by atoms with E-state index in [0.29, 0.717) is 23.1 Å². The highest BCUT2D eigenvalue weighted by Crippen LogP contribution is 2.27. The van der Waals surface area contributed by atoms with E-state index in [2.05, 4.69) is 10.0 Å². The molecule has 0 aromatic heterocycles. The van der Waals surface area contributed by atoms with Gasteiger partial charge in [-0.3, -0.25) is 4.79 Å². The monoisotopic (exact) mass is 492 g/mol. The largest absolute Gasteiger partial charge is 0.492 e. The second kappa shape index (κ2) is 10.8. The van der Waals surface area contributed by atoms with Crippen molar-refractivity contribution < 1.29 is 17.9 Å². The average molecular weight is 493 g/mol. The second-order valence-corrected chi connectivity index (χ2v) is 9.44. The lowest BCUT2D eigenvalue weighted by Gasteiger charge is -2.19. The number of benzene rings is 3. The van der Waals surface area contributed by atoms with Crippen LogP contribution in [-0.4, -0.2) is 27.0 Å². The first kappa shape index (κ1) is 24.1. The summed E-state index contributed by atoms with van der Waals surface area (Å²) in [5.41, 5.74) is 1.30. The van der Waals surface area contributed by atoms with E-state index < -0.39 is 22.0 Å². The summed E-state index contributed by atoms with van der Waals surface area (Å²) in [5.74, 6) is -0.119. The maximum absolute atomic E-state index is 13.0. The van der Waals surface area contributed by atoms with Gasteiger partial charge in [-0.1, -0.05) is 53.5 Å². The molecule has 6 nitrogen and oxygen atoms in total. The zero-order chi connectivity index (χ0) is 23.1. The number of carbonyl (C=O) groups excluding carboxylic acids is 1. The van der Waals surface area contributed by atoms with Gasteiger partial charge in [-0.15, -0.1) is 0 Å². The van der Waals surface area contributed by atoms with Gasteiger partial charge in [-0.2, -0.15) is 4.72 Å². The van der Waals surface area contributed by atoms with Crippen LogP contribution in [0.5, 0.6) is 5.75 Å². The number of halogens is 2. The molecule has 0 saturated carbocycles. The minimum Gasteiger partial charge on any atom is -0.492 e. The first-order valence-electron chi connectivity index (χ1n) is 9.83. The SMILES string of the molecule is CCOc1ccc(S(=O)(=O)NC(Cc2ccccc2)C(=O)Nc2ccc(Cl)cc2)cc1Cl. The van der Waals surface area contributed by atoms with Crippen LogP contribution in [0.15, 0.2) is 77.7 Å². The Morgan fingerprint density at radius 1 is 1.00 bits per heavy atom. The van der Waals surface area contributed by atoms with Gasteiger partial charge in [-0.25, -0.2) is 8.42 Å². The van der Waals surface area contributed by atoms with Crippen LogP contribution < -0.4 is 14.8 Å². The van der Waals surface area contributed by atoms with Crippen molar-refractivity contribution in [3.05, 3.63) is 88.4 Å². The van der Waals surface area contributed by atoms with Gasteiger partial charge in [0.15, 0.2) is 0 Å². The van der Waals surface area contributed by atoms with Crippen molar-refractivity contribution in [3.8, 4) is 5.75 Å². The molecular formula is C23H22Cl2N2O4S. The molecule has 0 spiro atoms. The normalized spacial score (nSPS) is 12.2. The Hall–Kier alpha value is -2.58. The first-order valence-corrected chi connectivity index (χ1v) is 12.1. The number of nitrogens with one attached hydrogen (secondary N) is 2. The lowest BCUT2D eigenvalue weighted by atomic mass is 10.1. The molecule has 3 rings (SSSR count). The molecule has 0 fully saturated rings. The fourth-order valence-electron chi connectivity index (χ4n) is 2.98. The highest BCUT2D eigenvalue weighted by atomic mass is 35.5. The van der Waals surface area contributed by atoms with Crippen molar-refractivity contribution in [2.24, 2.45) is 0 Å². The molecule has 168 valence electrons. The van der Waals surface area contributed by atoms with Gasteiger partial charge in [0.05, 0.1) is 16.5 Å². The van der Waals surface area contributed by atoms with E-state index >= 15 is 0 Å². The second-order valence-electron chi connectivity index (χ2n) is 6.88. The average Bonchev–Trinajstić information content (AvgIpc) is 2.77. The number of rotatable bonds is 9. The fourth-order valence-corrected chi connectivity index (χ4v) is 4.62. The van der Waals surface area contributed by atoms with Crippen LogP contribution in [0.25, 0.3) is 0 Å². The van der Waals surface area contributed by atoms with E-state index in [-0.39, 0.29) is 16.3 Å². The maximum atomic E-state index is 13.0. The van der Waals surface area contributed by atoms with Gasteiger partial charge in [0.25, 0.3) is 0 Å². The zero-order valence-corrected chi connectivity index (χ0v) is 19.5. The Balaban J connectivity index is 1.86. The molecule has 0 aliphatic heterocycles. The smallest absolute Gasteiger partial charge is 0.242 e. The minimum atomic E-state index is -4.05. The first-order chi connectivity index (χ1) is 15.3. The van der Waals surface area contributed by atoms with Gasteiger partial charge >= 0.3 is 0 Å². The molecule has 1 atom stereocenters. The predicted octanol–water partition coefficient (Wildman–Crippen LogP) is 4.92. The van der Waals surface area contributed by atoms with E-state index in [4.69, 9.17) is 27.9 Å². The van der Waals surface area contributed by atoms with Crippen LogP contribution in [-0.2, 0) is 21.2 Å². The number of ether oxygens (including phenoxy) is 1. The van der Waals surface area contributed by atoms with E-state index in [1.165, 1.54) is 18.2 Å². The Labute approximate surface area is 197 Å². The third-order valence-corrected chi connectivity index (χ3v) is 6.54. The standard InChI is InChI=1S/C23H22Cl2N2O4S/c1-2-31-22-13-12-19(15-20(22)25)32(29,30)27-21(14-16-6-4-3-5-7-16)23(28)26-18-10-8-17(24)9-11-18/h3-13,15,21,27H,2,14H2,1H3,(H,26,28). The number of sulfonamides is 1. The van der Waals surface area contributed by atoms with E-state index in [1.807, 2.05) is 30.3 Å². The van der Waals surface area contributed by atoms with Crippen LogP contribution in [0.3, 0.4) is 0 Å². The molecule has 0 saturated heterocycles. The van der Waals surface area contributed by atoms with Crippen molar-refractivity contribution in [1.29, 1.82) is 0 Å². The quantitative estimate of drug-likeness (QED) is 0.443.